The molecule has 4 atom stereocenters. The molecule has 3 aliphatic rings. The molecule has 5 rings (SSSR count). The molecular weight excluding hydrogens is 392 g/mol. The Morgan fingerprint density at radius 1 is 1.35 bits per heavy atom. The van der Waals surface area contributed by atoms with E-state index in [4.69, 9.17) is 4.74 Å². The van der Waals surface area contributed by atoms with Gasteiger partial charge in [-0.15, -0.1) is 0 Å². The van der Waals surface area contributed by atoms with Crippen molar-refractivity contribution in [3.8, 4) is 0 Å². The van der Waals surface area contributed by atoms with Gasteiger partial charge in [0.1, 0.15) is 5.60 Å². The van der Waals surface area contributed by atoms with E-state index in [-0.39, 0.29) is 17.9 Å². The van der Waals surface area contributed by atoms with Gasteiger partial charge >= 0.3 is 0 Å². The lowest BCUT2D eigenvalue weighted by Crippen LogP contribution is -2.44. The Kier molecular flexibility index (Phi) is 4.55. The van der Waals surface area contributed by atoms with E-state index in [1.807, 2.05) is 30.3 Å². The number of hydrogen-bond donors (Lipinski definition) is 0. The molecule has 31 heavy (non-hydrogen) atoms. The number of benzene rings is 1. The third kappa shape index (κ3) is 3.19. The number of aryl methyl sites for hydroxylation is 3. The molecule has 4 heterocycles. The number of nitrogens with zero attached hydrogens (tertiary/aromatic N) is 4. The number of carbonyl (C=O) groups excluding carboxylic acids is 2. The molecule has 0 radical (unpaired) electrons. The van der Waals surface area contributed by atoms with E-state index in [2.05, 4.69) is 37.1 Å². The van der Waals surface area contributed by atoms with Crippen molar-refractivity contribution in [2.45, 2.75) is 38.6 Å². The third-order valence-electron chi connectivity index (χ3n) is 6.88. The van der Waals surface area contributed by atoms with Crippen molar-refractivity contribution in [1.29, 1.82) is 0 Å². The zero-order valence-electron chi connectivity index (χ0n) is 18.4. The third-order valence-corrected chi connectivity index (χ3v) is 6.88. The highest BCUT2D eigenvalue weighted by atomic mass is 16.5. The molecule has 7 heteroatoms. The molecule has 2 saturated heterocycles. The number of fused-ring (bicyclic) bond motifs is 1. The molecule has 2 aromatic rings. The van der Waals surface area contributed by atoms with Crippen LogP contribution in [-0.2, 0) is 34.5 Å². The lowest BCUT2D eigenvalue weighted by Gasteiger charge is -2.27. The molecular formula is C24H28N4O3. The Morgan fingerprint density at radius 3 is 2.90 bits per heavy atom. The van der Waals surface area contributed by atoms with Gasteiger partial charge in [0.15, 0.2) is 0 Å². The molecule has 2 bridgehead atoms. The van der Waals surface area contributed by atoms with E-state index < -0.39 is 17.4 Å². The van der Waals surface area contributed by atoms with Crippen molar-refractivity contribution in [3.05, 3.63) is 65.0 Å². The summed E-state index contributed by atoms with van der Waals surface area (Å²) in [7, 11) is 3.64. The Labute approximate surface area is 182 Å². The zero-order chi connectivity index (χ0) is 21.9. The van der Waals surface area contributed by atoms with Crippen LogP contribution in [0.1, 0.15) is 22.3 Å². The van der Waals surface area contributed by atoms with Gasteiger partial charge < -0.3 is 14.5 Å². The second-order valence-electron chi connectivity index (χ2n) is 9.24. The summed E-state index contributed by atoms with van der Waals surface area (Å²) in [6.45, 7) is 5.62. The fraction of sp³-hybridized carbons (Fsp3) is 0.458. The number of rotatable bonds is 5. The average Bonchev–Trinajstić information content (AvgIpc) is 3.46. The zero-order valence-corrected chi connectivity index (χ0v) is 18.4. The fourth-order valence-corrected chi connectivity index (χ4v) is 5.33. The minimum Gasteiger partial charge on any atom is -0.360 e. The maximum Gasteiger partial charge on any atom is 0.230 e. The maximum absolute atomic E-state index is 13.5. The number of carbonyl (C=O) groups is 2. The summed E-state index contributed by atoms with van der Waals surface area (Å²) in [5, 5.41) is 4.17. The van der Waals surface area contributed by atoms with Crippen molar-refractivity contribution < 1.29 is 14.3 Å². The molecule has 0 N–H and O–H groups in total. The van der Waals surface area contributed by atoms with Gasteiger partial charge in [0.2, 0.25) is 11.8 Å². The van der Waals surface area contributed by atoms with Gasteiger partial charge in [-0.05, 0) is 25.0 Å². The highest BCUT2D eigenvalue weighted by Crippen LogP contribution is 2.52. The van der Waals surface area contributed by atoms with Crippen LogP contribution in [0.2, 0.25) is 0 Å². The van der Waals surface area contributed by atoms with Crippen LogP contribution in [0.25, 0.3) is 0 Å². The van der Waals surface area contributed by atoms with E-state index in [1.54, 1.807) is 22.8 Å². The minimum atomic E-state index is -0.686. The maximum atomic E-state index is 13.5. The standard InChI is InChI=1S/C24H28N4O3/c1-15-5-6-16(2)18(9-15)13-28-14-24-8-7-19(31-24)20(21(24)23(28)30)22(29)26(3)11-17-10-25-27(4)12-17/h5-10,12,19-21H,11,13-14H2,1-4H3/t19-,20-,21-,24-/m0/s1. The summed E-state index contributed by atoms with van der Waals surface area (Å²) in [5.41, 5.74) is 3.75. The minimum absolute atomic E-state index is 0.0147. The van der Waals surface area contributed by atoms with Crippen molar-refractivity contribution in [1.82, 2.24) is 19.6 Å². The summed E-state index contributed by atoms with van der Waals surface area (Å²) in [5.74, 6) is -0.980. The summed E-state index contributed by atoms with van der Waals surface area (Å²) in [4.78, 5) is 30.5. The normalized spacial score (nSPS) is 28.5. The number of ether oxygens (including phenoxy) is 1. The topological polar surface area (TPSA) is 67.7 Å². The molecule has 2 amide bonds. The van der Waals surface area contributed by atoms with E-state index in [9.17, 15) is 9.59 Å². The van der Waals surface area contributed by atoms with E-state index in [0.717, 1.165) is 16.7 Å². The van der Waals surface area contributed by atoms with Gasteiger partial charge in [-0.3, -0.25) is 14.3 Å². The van der Waals surface area contributed by atoms with Crippen molar-refractivity contribution >= 4 is 11.8 Å². The molecule has 7 nitrogen and oxygen atoms in total. The second kappa shape index (κ2) is 7.05. The average molecular weight is 421 g/mol. The van der Waals surface area contributed by atoms with Crippen LogP contribution in [0.4, 0.5) is 0 Å². The van der Waals surface area contributed by atoms with Crippen molar-refractivity contribution in [3.63, 3.8) is 0 Å². The number of hydrogen-bond acceptors (Lipinski definition) is 4. The lowest BCUT2D eigenvalue weighted by atomic mass is 9.76. The molecule has 2 fully saturated rings. The van der Waals surface area contributed by atoms with Gasteiger partial charge in [-0.1, -0.05) is 35.9 Å². The lowest BCUT2D eigenvalue weighted by molar-refractivity contribution is -0.142. The molecule has 1 aromatic carbocycles. The summed E-state index contributed by atoms with van der Waals surface area (Å²) >= 11 is 0. The smallest absolute Gasteiger partial charge is 0.230 e. The SMILES string of the molecule is Cc1ccc(C)c(CN2C[C@]34C=C[C@H](O3)[C@H](C(=O)N(C)Cc3cnn(C)c3)[C@H]4C2=O)c1. The van der Waals surface area contributed by atoms with E-state index in [0.29, 0.717) is 19.6 Å². The van der Waals surface area contributed by atoms with Crippen LogP contribution in [0.15, 0.2) is 42.7 Å². The largest absolute Gasteiger partial charge is 0.360 e. The van der Waals surface area contributed by atoms with E-state index in [1.165, 1.54) is 5.56 Å². The first-order chi connectivity index (χ1) is 14.8. The highest BCUT2D eigenvalue weighted by Gasteiger charge is 2.67. The Morgan fingerprint density at radius 2 is 2.16 bits per heavy atom. The Balaban J connectivity index is 1.37. The van der Waals surface area contributed by atoms with Crippen molar-refractivity contribution in [2.75, 3.05) is 13.6 Å². The highest BCUT2D eigenvalue weighted by molar-refractivity contribution is 5.93. The van der Waals surface area contributed by atoms with Crippen LogP contribution in [0.5, 0.6) is 0 Å². The molecule has 1 spiro atoms. The fourth-order valence-electron chi connectivity index (χ4n) is 5.33. The van der Waals surface area contributed by atoms with Gasteiger partial charge in [-0.2, -0.15) is 5.10 Å². The van der Waals surface area contributed by atoms with Gasteiger partial charge in [0.05, 0.1) is 30.7 Å². The van der Waals surface area contributed by atoms with Crippen molar-refractivity contribution in [2.24, 2.45) is 18.9 Å². The van der Waals surface area contributed by atoms with Gasteiger partial charge in [-0.25, -0.2) is 0 Å². The Bertz CT molecular complexity index is 1090. The summed E-state index contributed by atoms with van der Waals surface area (Å²) < 4.78 is 8.00. The van der Waals surface area contributed by atoms with Crippen LogP contribution in [0.3, 0.4) is 0 Å². The Hall–Kier alpha value is -2.93. The van der Waals surface area contributed by atoms with Crippen LogP contribution >= 0.6 is 0 Å². The first kappa shape index (κ1) is 20.0. The van der Waals surface area contributed by atoms with Crippen LogP contribution < -0.4 is 0 Å². The summed E-state index contributed by atoms with van der Waals surface area (Å²) in [6, 6.07) is 6.30. The number of amides is 2. The first-order valence-corrected chi connectivity index (χ1v) is 10.7. The monoisotopic (exact) mass is 420 g/mol. The van der Waals surface area contributed by atoms with Gasteiger partial charge in [0, 0.05) is 38.9 Å². The predicted octanol–water partition coefficient (Wildman–Crippen LogP) is 1.98. The molecule has 0 unspecified atom stereocenters. The van der Waals surface area contributed by atoms with Crippen LogP contribution in [0, 0.1) is 25.7 Å². The number of likely N-dealkylation sites (tertiary alicyclic amines) is 1. The molecule has 1 aromatic heterocycles. The van der Waals surface area contributed by atoms with Crippen LogP contribution in [-0.4, -0.2) is 56.7 Å². The predicted molar refractivity (Wildman–Crippen MR) is 115 cm³/mol. The molecule has 3 aliphatic heterocycles. The molecule has 0 saturated carbocycles. The summed E-state index contributed by atoms with van der Waals surface area (Å²) in [6.07, 6.45) is 7.30. The number of aromatic nitrogens is 2. The first-order valence-electron chi connectivity index (χ1n) is 10.7. The van der Waals surface area contributed by atoms with Gasteiger partial charge in [0.25, 0.3) is 0 Å². The van der Waals surface area contributed by atoms with E-state index >= 15 is 0 Å². The molecule has 0 aliphatic carbocycles. The quantitative estimate of drug-likeness (QED) is 0.694. The molecule has 162 valence electrons. The second-order valence-corrected chi connectivity index (χ2v) is 9.24.